The summed E-state index contributed by atoms with van der Waals surface area (Å²) < 4.78 is 24.6. The smallest absolute Gasteiger partial charge is 0.414 e. The Labute approximate surface area is 199 Å². The number of nitrogens with one attached hydrogen (secondary N) is 1. The Balaban J connectivity index is 0.000000281. The van der Waals surface area contributed by atoms with Crippen molar-refractivity contribution in [2.45, 2.75) is 26.4 Å². The number of nitriles is 1. The molecule has 2 aromatic rings. The Morgan fingerprint density at radius 3 is 2.62 bits per heavy atom. The van der Waals surface area contributed by atoms with Crippen molar-refractivity contribution < 1.29 is 23.5 Å². The van der Waals surface area contributed by atoms with Crippen molar-refractivity contribution in [3.8, 4) is 17.2 Å². The third-order valence-corrected chi connectivity index (χ3v) is 5.24. The lowest BCUT2D eigenvalue weighted by molar-refractivity contribution is -0.107. The fourth-order valence-electron chi connectivity index (χ4n) is 3.32. The molecule has 3 atom stereocenters. The lowest BCUT2D eigenvalue weighted by atomic mass is 10.0. The Morgan fingerprint density at radius 2 is 2.12 bits per heavy atom. The van der Waals surface area contributed by atoms with E-state index >= 15 is 0 Å². The van der Waals surface area contributed by atoms with Crippen LogP contribution in [0.3, 0.4) is 0 Å². The first-order chi connectivity index (χ1) is 16.4. The maximum atomic E-state index is 14.3. The first kappa shape index (κ1) is 26.9. The minimum Gasteiger partial charge on any atom is -0.443 e. The van der Waals surface area contributed by atoms with E-state index in [1.54, 1.807) is 43.7 Å². The largest absolute Gasteiger partial charge is 0.443 e. The molecule has 34 heavy (non-hydrogen) atoms. The SMILES string of the molecule is CCC=O.CNCC1CN(c2ccc(-c3cccnc3)c(F)c2)C(=O)O1.C[C@@H]1COCC1C#N. The number of hydrogen-bond acceptors (Lipinski definition) is 7. The molecule has 2 saturated heterocycles. The minimum absolute atomic E-state index is 0.148. The highest BCUT2D eigenvalue weighted by Crippen LogP contribution is 2.28. The van der Waals surface area contributed by atoms with Gasteiger partial charge in [0.05, 0.1) is 37.4 Å². The number of carbonyl (C=O) groups excluding carboxylic acids is 2. The van der Waals surface area contributed by atoms with Crippen LogP contribution in [-0.4, -0.2) is 56.8 Å². The molecule has 1 aromatic carbocycles. The second-order valence-corrected chi connectivity index (χ2v) is 7.91. The number of benzene rings is 1. The molecule has 8 nitrogen and oxygen atoms in total. The standard InChI is InChI=1S/C16H16FN3O2.C6H9NO.C3H6O/c1-18-9-13-10-20(16(21)22-13)12-4-5-14(15(17)7-12)11-3-2-6-19-8-11;1-5-3-8-4-6(5)2-7;1-2-3-4/h2-8,13,18H,9-10H2,1H3;5-6H,3-4H2,1H3;3H,2H2,1H3/t;5-,6?;/m.1./s1. The Bertz CT molecular complexity index is 967. The zero-order valence-electron chi connectivity index (χ0n) is 19.7. The van der Waals surface area contributed by atoms with Crippen molar-refractivity contribution in [3.05, 3.63) is 48.5 Å². The van der Waals surface area contributed by atoms with Gasteiger partial charge in [0.25, 0.3) is 0 Å². The molecule has 0 radical (unpaired) electrons. The van der Waals surface area contributed by atoms with Crippen LogP contribution >= 0.6 is 0 Å². The number of amides is 1. The van der Waals surface area contributed by atoms with Crippen LogP contribution in [0.25, 0.3) is 11.1 Å². The molecule has 2 fully saturated rings. The fourth-order valence-corrected chi connectivity index (χ4v) is 3.32. The summed E-state index contributed by atoms with van der Waals surface area (Å²) >= 11 is 0. The molecule has 9 heteroatoms. The number of aldehydes is 1. The lowest BCUT2D eigenvalue weighted by Crippen LogP contribution is -2.29. The zero-order valence-corrected chi connectivity index (χ0v) is 19.7. The highest BCUT2D eigenvalue weighted by molar-refractivity contribution is 5.90. The summed E-state index contributed by atoms with van der Waals surface area (Å²) in [6, 6.07) is 10.5. The number of likely N-dealkylation sites (N-methyl/N-ethyl adjacent to an activating group) is 1. The molecule has 2 aliphatic rings. The molecule has 1 amide bonds. The van der Waals surface area contributed by atoms with Gasteiger partial charge in [-0.2, -0.15) is 5.26 Å². The molecule has 3 heterocycles. The number of cyclic esters (lactones) is 1. The molecule has 4 rings (SSSR count). The van der Waals surface area contributed by atoms with Crippen molar-refractivity contribution in [2.24, 2.45) is 11.8 Å². The number of rotatable bonds is 5. The van der Waals surface area contributed by atoms with Gasteiger partial charge >= 0.3 is 6.09 Å². The van der Waals surface area contributed by atoms with Crippen LogP contribution in [-0.2, 0) is 14.3 Å². The quantitative estimate of drug-likeness (QED) is 0.663. The van der Waals surface area contributed by atoms with Gasteiger partial charge in [0.1, 0.15) is 18.2 Å². The summed E-state index contributed by atoms with van der Waals surface area (Å²) in [5.74, 6) is 0.199. The van der Waals surface area contributed by atoms with Gasteiger partial charge in [-0.25, -0.2) is 9.18 Å². The number of hydrogen-bond donors (Lipinski definition) is 1. The highest BCUT2D eigenvalue weighted by atomic mass is 19.1. The minimum atomic E-state index is -0.450. The van der Waals surface area contributed by atoms with E-state index in [1.807, 2.05) is 13.8 Å². The summed E-state index contributed by atoms with van der Waals surface area (Å²) in [4.78, 5) is 26.5. The first-order valence-corrected chi connectivity index (χ1v) is 11.2. The van der Waals surface area contributed by atoms with E-state index < -0.39 is 11.9 Å². The van der Waals surface area contributed by atoms with Crippen molar-refractivity contribution in [3.63, 3.8) is 0 Å². The van der Waals surface area contributed by atoms with Gasteiger partial charge in [-0.1, -0.05) is 19.9 Å². The molecule has 2 aliphatic heterocycles. The number of carbonyl (C=O) groups is 2. The van der Waals surface area contributed by atoms with Gasteiger partial charge in [0.2, 0.25) is 0 Å². The van der Waals surface area contributed by atoms with Crippen LogP contribution in [0.4, 0.5) is 14.9 Å². The van der Waals surface area contributed by atoms with Gasteiger partial charge in [0, 0.05) is 36.5 Å². The van der Waals surface area contributed by atoms with Gasteiger partial charge < -0.3 is 19.6 Å². The Kier molecular flexibility index (Phi) is 11.1. The van der Waals surface area contributed by atoms with Crippen molar-refractivity contribution in [1.29, 1.82) is 5.26 Å². The normalized spacial score (nSPS) is 20.9. The van der Waals surface area contributed by atoms with E-state index in [1.165, 1.54) is 11.0 Å². The Hall–Kier alpha value is -3.35. The number of halogens is 1. The number of pyridine rings is 1. The van der Waals surface area contributed by atoms with Crippen LogP contribution in [0.2, 0.25) is 0 Å². The predicted octanol–water partition coefficient (Wildman–Crippen LogP) is 3.82. The van der Waals surface area contributed by atoms with Crippen molar-refractivity contribution in [1.82, 2.24) is 10.3 Å². The second kappa shape index (κ2) is 14.0. The number of ether oxygens (including phenoxy) is 2. The van der Waals surface area contributed by atoms with E-state index in [-0.39, 0.29) is 12.0 Å². The number of nitrogens with zero attached hydrogens (tertiary/aromatic N) is 3. The maximum Gasteiger partial charge on any atom is 0.414 e. The highest BCUT2D eigenvalue weighted by Gasteiger charge is 2.32. The molecule has 0 saturated carbocycles. The van der Waals surface area contributed by atoms with E-state index in [4.69, 9.17) is 14.7 Å². The van der Waals surface area contributed by atoms with Crippen LogP contribution in [0, 0.1) is 29.0 Å². The van der Waals surface area contributed by atoms with Crippen LogP contribution < -0.4 is 10.2 Å². The van der Waals surface area contributed by atoms with Crippen molar-refractivity contribution in [2.75, 3.05) is 38.3 Å². The molecule has 0 aliphatic carbocycles. The second-order valence-electron chi connectivity index (χ2n) is 7.91. The average molecular weight is 471 g/mol. The molecule has 1 aromatic heterocycles. The Morgan fingerprint density at radius 1 is 1.35 bits per heavy atom. The van der Waals surface area contributed by atoms with Crippen LogP contribution in [0.5, 0.6) is 0 Å². The third kappa shape index (κ3) is 7.61. The van der Waals surface area contributed by atoms with E-state index in [2.05, 4.69) is 16.4 Å². The average Bonchev–Trinajstić information content (AvgIpc) is 3.44. The number of aromatic nitrogens is 1. The molecule has 2 unspecified atom stereocenters. The summed E-state index contributed by atoms with van der Waals surface area (Å²) in [5.41, 5.74) is 1.65. The molecule has 0 spiro atoms. The van der Waals surface area contributed by atoms with Crippen molar-refractivity contribution >= 4 is 18.1 Å². The van der Waals surface area contributed by atoms with Crippen LogP contribution in [0.15, 0.2) is 42.7 Å². The summed E-state index contributed by atoms with van der Waals surface area (Å²) in [7, 11) is 1.79. The van der Waals surface area contributed by atoms with Gasteiger partial charge in [-0.05, 0) is 37.2 Å². The first-order valence-electron chi connectivity index (χ1n) is 11.2. The zero-order chi connectivity index (χ0) is 24.9. The monoisotopic (exact) mass is 470 g/mol. The fraction of sp³-hybridized carbons (Fsp3) is 0.440. The third-order valence-electron chi connectivity index (χ3n) is 5.24. The maximum absolute atomic E-state index is 14.3. The summed E-state index contributed by atoms with van der Waals surface area (Å²) in [6.07, 6.45) is 4.08. The molecular weight excluding hydrogens is 439 g/mol. The van der Waals surface area contributed by atoms with E-state index in [9.17, 15) is 14.0 Å². The van der Waals surface area contributed by atoms with E-state index in [0.29, 0.717) is 48.8 Å². The molecule has 0 bridgehead atoms. The van der Waals surface area contributed by atoms with Gasteiger partial charge in [-0.15, -0.1) is 0 Å². The van der Waals surface area contributed by atoms with E-state index in [0.717, 1.165) is 12.9 Å². The van der Waals surface area contributed by atoms with Crippen LogP contribution in [0.1, 0.15) is 20.3 Å². The van der Waals surface area contributed by atoms with Gasteiger partial charge in [0.15, 0.2) is 0 Å². The lowest BCUT2D eigenvalue weighted by Gasteiger charge is -2.14. The summed E-state index contributed by atoms with van der Waals surface area (Å²) in [5, 5.41) is 11.4. The molecular formula is C25H31FN4O4. The topological polar surface area (TPSA) is 105 Å². The molecule has 182 valence electrons. The summed E-state index contributed by atoms with van der Waals surface area (Å²) in [6.45, 7) is 6.23. The molecule has 1 N–H and O–H groups in total. The van der Waals surface area contributed by atoms with Gasteiger partial charge in [-0.3, -0.25) is 9.88 Å². The number of anilines is 1. The predicted molar refractivity (Wildman–Crippen MR) is 127 cm³/mol.